The van der Waals surface area contributed by atoms with Gasteiger partial charge in [0.2, 0.25) is 0 Å². The smallest absolute Gasteiger partial charge is 0.0942 e. The maximum absolute atomic E-state index is 10.3. The minimum absolute atomic E-state index is 0.251. The molecule has 0 aromatic carbocycles. The van der Waals surface area contributed by atoms with E-state index >= 15 is 0 Å². The van der Waals surface area contributed by atoms with Crippen LogP contribution >= 0.6 is 0 Å². The third-order valence-corrected chi connectivity index (χ3v) is 3.55. The third-order valence-electron chi connectivity index (χ3n) is 3.55. The van der Waals surface area contributed by atoms with E-state index in [1.165, 1.54) is 25.7 Å². The molecule has 1 saturated carbocycles. The summed E-state index contributed by atoms with van der Waals surface area (Å²) in [5.74, 6) is 0.287. The predicted molar refractivity (Wildman–Crippen MR) is 62.9 cm³/mol. The van der Waals surface area contributed by atoms with Gasteiger partial charge in [0.05, 0.1) is 11.7 Å². The Labute approximate surface area is 94.0 Å². The summed E-state index contributed by atoms with van der Waals surface area (Å²) in [7, 11) is 0. The van der Waals surface area contributed by atoms with Crippen molar-refractivity contribution in [3.05, 3.63) is 0 Å². The summed E-state index contributed by atoms with van der Waals surface area (Å²) in [4.78, 5) is 0. The molecule has 1 unspecified atom stereocenters. The second kappa shape index (κ2) is 5.86. The van der Waals surface area contributed by atoms with Gasteiger partial charge in [-0.25, -0.2) is 0 Å². The van der Waals surface area contributed by atoms with E-state index in [4.69, 9.17) is 4.74 Å². The summed E-state index contributed by atoms with van der Waals surface area (Å²) in [6.07, 6.45) is 6.73. The van der Waals surface area contributed by atoms with Gasteiger partial charge < -0.3 is 9.84 Å². The van der Waals surface area contributed by atoms with Crippen LogP contribution in [0, 0.1) is 5.92 Å². The average Bonchev–Trinajstić information content (AvgIpc) is 2.44. The summed E-state index contributed by atoms with van der Waals surface area (Å²) < 4.78 is 5.92. The van der Waals surface area contributed by atoms with Crippen molar-refractivity contribution in [1.29, 1.82) is 0 Å². The van der Waals surface area contributed by atoms with Gasteiger partial charge in [-0.15, -0.1) is 0 Å². The molecule has 0 aliphatic heterocycles. The van der Waals surface area contributed by atoms with Crippen LogP contribution in [-0.2, 0) is 4.74 Å². The molecule has 15 heavy (non-hydrogen) atoms. The number of hydrogen-bond acceptors (Lipinski definition) is 2. The SMILES string of the molecule is CCOC1(C(O)C(C)C)CCCCCC1. The number of aliphatic hydroxyl groups is 1. The topological polar surface area (TPSA) is 29.5 Å². The first-order chi connectivity index (χ1) is 7.12. The summed E-state index contributed by atoms with van der Waals surface area (Å²) in [6.45, 7) is 6.90. The number of ether oxygens (including phenoxy) is 1. The predicted octanol–water partition coefficient (Wildman–Crippen LogP) is 3.13. The molecule has 0 amide bonds. The molecule has 1 fully saturated rings. The molecular formula is C13H26O2. The fourth-order valence-electron chi connectivity index (χ4n) is 2.75. The Kier molecular flexibility index (Phi) is 5.07. The Morgan fingerprint density at radius 1 is 1.13 bits per heavy atom. The van der Waals surface area contributed by atoms with Gasteiger partial charge >= 0.3 is 0 Å². The quantitative estimate of drug-likeness (QED) is 0.729. The molecule has 1 atom stereocenters. The van der Waals surface area contributed by atoms with Crippen LogP contribution in [0.25, 0.3) is 0 Å². The standard InChI is InChI=1S/C13H26O2/c1-4-15-13(12(14)11(2)3)9-7-5-6-8-10-13/h11-12,14H,4-10H2,1-3H3. The van der Waals surface area contributed by atoms with Gasteiger partial charge in [-0.1, -0.05) is 39.5 Å². The molecule has 0 saturated heterocycles. The molecular weight excluding hydrogens is 188 g/mol. The zero-order valence-corrected chi connectivity index (χ0v) is 10.5. The zero-order valence-electron chi connectivity index (χ0n) is 10.5. The highest BCUT2D eigenvalue weighted by Gasteiger charge is 2.40. The molecule has 2 nitrogen and oxygen atoms in total. The molecule has 0 radical (unpaired) electrons. The van der Waals surface area contributed by atoms with Gasteiger partial charge in [0.15, 0.2) is 0 Å². The molecule has 0 heterocycles. The van der Waals surface area contributed by atoms with Crippen LogP contribution in [0.3, 0.4) is 0 Å². The highest BCUT2D eigenvalue weighted by atomic mass is 16.5. The van der Waals surface area contributed by atoms with E-state index in [0.717, 1.165) is 12.8 Å². The zero-order chi connectivity index (χ0) is 11.3. The second-order valence-electron chi connectivity index (χ2n) is 5.10. The molecule has 0 aromatic heterocycles. The monoisotopic (exact) mass is 214 g/mol. The first kappa shape index (κ1) is 13.0. The van der Waals surface area contributed by atoms with E-state index in [0.29, 0.717) is 6.61 Å². The van der Waals surface area contributed by atoms with E-state index in [1.54, 1.807) is 0 Å². The van der Waals surface area contributed by atoms with Gasteiger partial charge in [0.1, 0.15) is 0 Å². The van der Waals surface area contributed by atoms with Gasteiger partial charge in [-0.2, -0.15) is 0 Å². The Hall–Kier alpha value is -0.0800. The highest BCUT2D eigenvalue weighted by molar-refractivity contribution is 4.91. The number of rotatable bonds is 4. The largest absolute Gasteiger partial charge is 0.390 e. The van der Waals surface area contributed by atoms with Crippen molar-refractivity contribution in [2.75, 3.05) is 6.61 Å². The van der Waals surface area contributed by atoms with Gasteiger partial charge in [0.25, 0.3) is 0 Å². The van der Waals surface area contributed by atoms with Crippen LogP contribution in [0.4, 0.5) is 0 Å². The molecule has 0 spiro atoms. The Morgan fingerprint density at radius 2 is 1.67 bits per heavy atom. The summed E-state index contributed by atoms with van der Waals surface area (Å²) >= 11 is 0. The van der Waals surface area contributed by atoms with Gasteiger partial charge in [0, 0.05) is 6.61 Å². The molecule has 90 valence electrons. The Balaban J connectivity index is 2.74. The van der Waals surface area contributed by atoms with Crippen LogP contribution in [0.15, 0.2) is 0 Å². The van der Waals surface area contributed by atoms with Crippen molar-refractivity contribution < 1.29 is 9.84 Å². The van der Waals surface area contributed by atoms with E-state index in [9.17, 15) is 5.11 Å². The molecule has 2 heteroatoms. The Morgan fingerprint density at radius 3 is 2.07 bits per heavy atom. The lowest BCUT2D eigenvalue weighted by Crippen LogP contribution is -2.47. The van der Waals surface area contributed by atoms with Crippen molar-refractivity contribution in [1.82, 2.24) is 0 Å². The average molecular weight is 214 g/mol. The first-order valence-electron chi connectivity index (χ1n) is 6.44. The molecule has 1 N–H and O–H groups in total. The summed E-state index contributed by atoms with van der Waals surface area (Å²) in [5.41, 5.74) is -0.251. The maximum atomic E-state index is 10.3. The maximum Gasteiger partial charge on any atom is 0.0942 e. The summed E-state index contributed by atoms with van der Waals surface area (Å²) in [6, 6.07) is 0. The van der Waals surface area contributed by atoms with Gasteiger partial charge in [-0.3, -0.25) is 0 Å². The van der Waals surface area contributed by atoms with Crippen LogP contribution in [0.2, 0.25) is 0 Å². The molecule has 1 rings (SSSR count). The van der Waals surface area contributed by atoms with Crippen LogP contribution in [0.1, 0.15) is 59.3 Å². The minimum Gasteiger partial charge on any atom is -0.390 e. The minimum atomic E-state index is -0.310. The lowest BCUT2D eigenvalue weighted by atomic mass is 9.82. The molecule has 0 aromatic rings. The summed E-state index contributed by atoms with van der Waals surface area (Å²) in [5, 5.41) is 10.3. The van der Waals surface area contributed by atoms with E-state index in [-0.39, 0.29) is 17.6 Å². The van der Waals surface area contributed by atoms with Crippen molar-refractivity contribution in [3.8, 4) is 0 Å². The number of aliphatic hydroxyl groups excluding tert-OH is 1. The van der Waals surface area contributed by atoms with Crippen molar-refractivity contribution >= 4 is 0 Å². The fraction of sp³-hybridized carbons (Fsp3) is 1.00. The van der Waals surface area contributed by atoms with Crippen LogP contribution in [-0.4, -0.2) is 23.4 Å². The molecule has 1 aliphatic rings. The fourth-order valence-corrected chi connectivity index (χ4v) is 2.75. The van der Waals surface area contributed by atoms with Crippen LogP contribution < -0.4 is 0 Å². The lowest BCUT2D eigenvalue weighted by molar-refractivity contribution is -0.143. The van der Waals surface area contributed by atoms with Crippen molar-refractivity contribution in [2.45, 2.75) is 71.0 Å². The second-order valence-corrected chi connectivity index (χ2v) is 5.10. The van der Waals surface area contributed by atoms with Gasteiger partial charge in [-0.05, 0) is 25.7 Å². The Bertz CT molecular complexity index is 169. The third kappa shape index (κ3) is 3.18. The lowest BCUT2D eigenvalue weighted by Gasteiger charge is -2.39. The molecule has 1 aliphatic carbocycles. The van der Waals surface area contributed by atoms with Crippen LogP contribution in [0.5, 0.6) is 0 Å². The van der Waals surface area contributed by atoms with E-state index in [1.807, 2.05) is 6.92 Å². The van der Waals surface area contributed by atoms with Crippen molar-refractivity contribution in [2.24, 2.45) is 5.92 Å². The molecule has 0 bridgehead atoms. The number of hydrogen-bond donors (Lipinski definition) is 1. The van der Waals surface area contributed by atoms with E-state index in [2.05, 4.69) is 13.8 Å². The highest BCUT2D eigenvalue weighted by Crippen LogP contribution is 2.36. The normalized spacial score (nSPS) is 23.8. The van der Waals surface area contributed by atoms with E-state index < -0.39 is 0 Å². The van der Waals surface area contributed by atoms with Crippen molar-refractivity contribution in [3.63, 3.8) is 0 Å². The first-order valence-corrected chi connectivity index (χ1v) is 6.44.